The number of ether oxygens (including phenoxy) is 2. The zero-order chi connectivity index (χ0) is 15.8. The first-order chi connectivity index (χ1) is 10.8. The van der Waals surface area contributed by atoms with Crippen LogP contribution in [0.3, 0.4) is 0 Å². The Morgan fingerprint density at radius 3 is 2.73 bits per heavy atom. The summed E-state index contributed by atoms with van der Waals surface area (Å²) in [6.45, 7) is 2.95. The van der Waals surface area contributed by atoms with Gasteiger partial charge < -0.3 is 19.4 Å². The molecular formula is C18H32O4. The van der Waals surface area contributed by atoms with Crippen molar-refractivity contribution < 1.29 is 19.4 Å². The normalized spacial score (nSPS) is 35.6. The van der Waals surface area contributed by atoms with Gasteiger partial charge in [-0.1, -0.05) is 39.0 Å². The fourth-order valence-electron chi connectivity index (χ4n) is 3.82. The van der Waals surface area contributed by atoms with E-state index in [0.717, 1.165) is 45.0 Å². The minimum Gasteiger partial charge on any atom is -0.393 e. The SMILES string of the molecule is CCCCCCCC1C(O)CC(OC2CCCCO2)[C@@H]1C=O. The molecule has 4 nitrogen and oxygen atoms in total. The molecule has 2 aliphatic rings. The molecule has 1 saturated heterocycles. The van der Waals surface area contributed by atoms with Crippen molar-refractivity contribution in [1.82, 2.24) is 0 Å². The number of carbonyl (C=O) groups excluding carboxylic acids is 1. The Bertz CT molecular complexity index is 314. The van der Waals surface area contributed by atoms with Gasteiger partial charge in [0.05, 0.1) is 12.2 Å². The highest BCUT2D eigenvalue weighted by atomic mass is 16.7. The van der Waals surface area contributed by atoms with Gasteiger partial charge in [-0.05, 0) is 31.6 Å². The average Bonchev–Trinajstić information content (AvgIpc) is 2.83. The molecule has 1 heterocycles. The smallest absolute Gasteiger partial charge is 0.157 e. The Kier molecular flexibility index (Phi) is 7.84. The molecule has 0 amide bonds. The zero-order valence-electron chi connectivity index (χ0n) is 13.9. The van der Waals surface area contributed by atoms with Crippen molar-refractivity contribution in [3.63, 3.8) is 0 Å². The molecule has 5 atom stereocenters. The highest BCUT2D eigenvalue weighted by Gasteiger charge is 2.43. The van der Waals surface area contributed by atoms with Gasteiger partial charge in [0.1, 0.15) is 6.29 Å². The van der Waals surface area contributed by atoms with Crippen molar-refractivity contribution in [1.29, 1.82) is 0 Å². The Balaban J connectivity index is 1.79. The second kappa shape index (κ2) is 9.64. The molecule has 22 heavy (non-hydrogen) atoms. The average molecular weight is 312 g/mol. The number of hydrogen-bond acceptors (Lipinski definition) is 4. The molecule has 1 saturated carbocycles. The van der Waals surface area contributed by atoms with Crippen LogP contribution in [0.15, 0.2) is 0 Å². The molecule has 0 aromatic heterocycles. The summed E-state index contributed by atoms with van der Waals surface area (Å²) in [5.74, 6) is -0.112. The van der Waals surface area contributed by atoms with E-state index in [9.17, 15) is 9.90 Å². The van der Waals surface area contributed by atoms with Crippen LogP contribution in [0.1, 0.15) is 71.1 Å². The maximum atomic E-state index is 11.5. The predicted molar refractivity (Wildman–Crippen MR) is 85.5 cm³/mol. The highest BCUT2D eigenvalue weighted by molar-refractivity contribution is 5.56. The van der Waals surface area contributed by atoms with Crippen LogP contribution in [-0.2, 0) is 14.3 Å². The third-order valence-corrected chi connectivity index (χ3v) is 5.15. The van der Waals surface area contributed by atoms with Crippen molar-refractivity contribution in [2.24, 2.45) is 11.8 Å². The monoisotopic (exact) mass is 312 g/mol. The van der Waals surface area contributed by atoms with Crippen LogP contribution in [0.25, 0.3) is 0 Å². The van der Waals surface area contributed by atoms with Gasteiger partial charge in [0.25, 0.3) is 0 Å². The second-order valence-electron chi connectivity index (χ2n) is 6.85. The first kappa shape index (κ1) is 17.9. The second-order valence-corrected chi connectivity index (χ2v) is 6.85. The molecule has 4 heteroatoms. The van der Waals surface area contributed by atoms with Crippen LogP contribution in [0.2, 0.25) is 0 Å². The molecule has 0 aromatic rings. The lowest BCUT2D eigenvalue weighted by Gasteiger charge is -2.28. The van der Waals surface area contributed by atoms with Crippen LogP contribution in [0, 0.1) is 11.8 Å². The molecular weight excluding hydrogens is 280 g/mol. The summed E-state index contributed by atoms with van der Waals surface area (Å²) >= 11 is 0. The number of hydrogen-bond donors (Lipinski definition) is 1. The fraction of sp³-hybridized carbons (Fsp3) is 0.944. The Morgan fingerprint density at radius 2 is 2.05 bits per heavy atom. The molecule has 1 aliphatic heterocycles. The van der Waals surface area contributed by atoms with E-state index in [2.05, 4.69) is 6.92 Å². The van der Waals surface area contributed by atoms with Gasteiger partial charge in [-0.2, -0.15) is 0 Å². The number of unbranched alkanes of at least 4 members (excludes halogenated alkanes) is 4. The fourth-order valence-corrected chi connectivity index (χ4v) is 3.82. The Hall–Kier alpha value is -0.450. The summed E-state index contributed by atoms with van der Waals surface area (Å²) in [5.41, 5.74) is 0. The first-order valence-corrected chi connectivity index (χ1v) is 9.16. The maximum absolute atomic E-state index is 11.5. The van der Waals surface area contributed by atoms with Gasteiger partial charge in [0.2, 0.25) is 0 Å². The van der Waals surface area contributed by atoms with Crippen LogP contribution in [0.4, 0.5) is 0 Å². The maximum Gasteiger partial charge on any atom is 0.157 e. The molecule has 2 rings (SSSR count). The zero-order valence-corrected chi connectivity index (χ0v) is 13.9. The van der Waals surface area contributed by atoms with Crippen LogP contribution < -0.4 is 0 Å². The van der Waals surface area contributed by atoms with Gasteiger partial charge in [-0.15, -0.1) is 0 Å². The standard InChI is InChI=1S/C18H32O4/c1-2-3-4-5-6-9-14-15(13-19)17(12-16(14)20)22-18-10-7-8-11-21-18/h13-18,20H,2-12H2,1H3/t14?,15-,16?,17?,18?/m1/s1. The molecule has 0 aromatic carbocycles. The van der Waals surface area contributed by atoms with E-state index in [-0.39, 0.29) is 24.2 Å². The summed E-state index contributed by atoms with van der Waals surface area (Å²) in [7, 11) is 0. The van der Waals surface area contributed by atoms with E-state index in [4.69, 9.17) is 9.47 Å². The third kappa shape index (κ3) is 5.04. The molecule has 1 N–H and O–H groups in total. The number of carbonyl (C=O) groups is 1. The van der Waals surface area contributed by atoms with E-state index < -0.39 is 6.10 Å². The van der Waals surface area contributed by atoms with E-state index in [0.29, 0.717) is 6.42 Å². The Labute approximate surface area is 134 Å². The van der Waals surface area contributed by atoms with Gasteiger partial charge in [0, 0.05) is 18.9 Å². The number of rotatable bonds is 9. The third-order valence-electron chi connectivity index (χ3n) is 5.15. The van der Waals surface area contributed by atoms with Gasteiger partial charge in [-0.25, -0.2) is 0 Å². The van der Waals surface area contributed by atoms with Gasteiger partial charge in [-0.3, -0.25) is 0 Å². The molecule has 2 fully saturated rings. The van der Waals surface area contributed by atoms with Crippen LogP contribution in [0.5, 0.6) is 0 Å². The largest absolute Gasteiger partial charge is 0.393 e. The summed E-state index contributed by atoms with van der Waals surface area (Å²) in [5, 5.41) is 10.3. The lowest BCUT2D eigenvalue weighted by atomic mass is 9.89. The van der Waals surface area contributed by atoms with Crippen molar-refractivity contribution in [3.8, 4) is 0 Å². The molecule has 4 unspecified atom stereocenters. The molecule has 0 bridgehead atoms. The van der Waals surface area contributed by atoms with E-state index >= 15 is 0 Å². The highest BCUT2D eigenvalue weighted by Crippen LogP contribution is 2.38. The summed E-state index contributed by atoms with van der Waals surface area (Å²) in [4.78, 5) is 11.5. The molecule has 128 valence electrons. The van der Waals surface area contributed by atoms with Gasteiger partial charge in [0.15, 0.2) is 6.29 Å². The topological polar surface area (TPSA) is 55.8 Å². The summed E-state index contributed by atoms with van der Waals surface area (Å²) < 4.78 is 11.6. The minimum absolute atomic E-state index is 0.0627. The summed E-state index contributed by atoms with van der Waals surface area (Å²) in [6, 6.07) is 0. The lowest BCUT2D eigenvalue weighted by molar-refractivity contribution is -0.195. The van der Waals surface area contributed by atoms with Crippen LogP contribution in [-0.4, -0.2) is 36.5 Å². The van der Waals surface area contributed by atoms with E-state index in [1.54, 1.807) is 0 Å². The first-order valence-electron chi connectivity index (χ1n) is 9.16. The number of aliphatic hydroxyl groups is 1. The Morgan fingerprint density at radius 1 is 1.23 bits per heavy atom. The molecule has 0 spiro atoms. The van der Waals surface area contributed by atoms with Gasteiger partial charge >= 0.3 is 0 Å². The van der Waals surface area contributed by atoms with Crippen LogP contribution >= 0.6 is 0 Å². The molecule has 0 radical (unpaired) electrons. The molecule has 1 aliphatic carbocycles. The predicted octanol–water partition coefficient (Wildman–Crippen LogP) is 3.45. The van der Waals surface area contributed by atoms with E-state index in [1.165, 1.54) is 25.7 Å². The summed E-state index contributed by atoms with van der Waals surface area (Å²) in [6.07, 6.45) is 10.9. The number of aliphatic hydroxyl groups excluding tert-OH is 1. The van der Waals surface area contributed by atoms with Crippen molar-refractivity contribution in [2.45, 2.75) is 89.6 Å². The van der Waals surface area contributed by atoms with Crippen molar-refractivity contribution in [2.75, 3.05) is 6.61 Å². The minimum atomic E-state index is -0.407. The van der Waals surface area contributed by atoms with E-state index in [1.807, 2.05) is 0 Å². The number of aldehydes is 1. The quantitative estimate of drug-likeness (QED) is 0.523. The lowest BCUT2D eigenvalue weighted by Crippen LogP contribution is -2.32. The van der Waals surface area contributed by atoms with Crippen molar-refractivity contribution >= 4 is 6.29 Å². The van der Waals surface area contributed by atoms with Crippen molar-refractivity contribution in [3.05, 3.63) is 0 Å².